The number of aliphatic carboxylic acids is 1. The molecule has 19 heavy (non-hydrogen) atoms. The molecule has 0 radical (unpaired) electrons. The molecule has 2 amide bonds. The quantitative estimate of drug-likeness (QED) is 0.860. The predicted octanol–water partition coefficient (Wildman–Crippen LogP) is 2.22. The van der Waals surface area contributed by atoms with Gasteiger partial charge in [-0.25, -0.2) is 14.0 Å². The van der Waals surface area contributed by atoms with E-state index in [0.717, 1.165) is 0 Å². The number of benzene rings is 1. The van der Waals surface area contributed by atoms with Gasteiger partial charge in [0, 0.05) is 12.2 Å². The second-order valence-corrected chi connectivity index (χ2v) is 3.97. The number of amides is 2. The van der Waals surface area contributed by atoms with Gasteiger partial charge in [-0.1, -0.05) is 13.0 Å². The number of nitrogens with zero attached hydrogens (tertiary/aromatic N) is 1. The Morgan fingerprint density at radius 2 is 2.11 bits per heavy atom. The van der Waals surface area contributed by atoms with Gasteiger partial charge in [0.2, 0.25) is 0 Å². The lowest BCUT2D eigenvalue weighted by Gasteiger charge is -2.23. The number of carbonyl (C=O) groups is 2. The van der Waals surface area contributed by atoms with E-state index in [9.17, 15) is 14.0 Å². The summed E-state index contributed by atoms with van der Waals surface area (Å²) in [6.07, 6.45) is 0.280. The van der Waals surface area contributed by atoms with E-state index in [1.807, 2.05) is 0 Å². The summed E-state index contributed by atoms with van der Waals surface area (Å²) in [4.78, 5) is 24.1. The number of hydrogen-bond donors (Lipinski definition) is 2. The van der Waals surface area contributed by atoms with Gasteiger partial charge in [0.15, 0.2) is 0 Å². The van der Waals surface area contributed by atoms with E-state index < -0.39 is 23.9 Å². The number of halogens is 1. The standard InChI is InChI=1S/C13H17FN2O3/c1-3-11(12(17)18)15-13(19)16(4-2)10-7-5-6-9(14)8-10/h5-8,11H,3-4H2,1-2H3,(H,15,19)(H,17,18)/t11-/m1/s1. The fourth-order valence-electron chi connectivity index (χ4n) is 1.65. The molecule has 0 fully saturated rings. The first kappa shape index (κ1) is 14.9. The van der Waals surface area contributed by atoms with Gasteiger partial charge < -0.3 is 10.4 Å². The Hall–Kier alpha value is -2.11. The molecule has 1 aromatic carbocycles. The SMILES string of the molecule is CC[C@@H](NC(=O)N(CC)c1cccc(F)c1)C(=O)O. The number of nitrogens with one attached hydrogen (secondary N) is 1. The topological polar surface area (TPSA) is 69.6 Å². The Morgan fingerprint density at radius 1 is 1.42 bits per heavy atom. The second kappa shape index (κ2) is 6.72. The van der Waals surface area contributed by atoms with Crippen LogP contribution in [-0.4, -0.2) is 29.7 Å². The van der Waals surface area contributed by atoms with Crippen molar-refractivity contribution in [1.82, 2.24) is 5.32 Å². The molecule has 5 nitrogen and oxygen atoms in total. The molecule has 0 aliphatic carbocycles. The maximum absolute atomic E-state index is 13.1. The lowest BCUT2D eigenvalue weighted by Crippen LogP contribution is -2.47. The van der Waals surface area contributed by atoms with Crippen LogP contribution in [0.5, 0.6) is 0 Å². The smallest absolute Gasteiger partial charge is 0.326 e. The molecular weight excluding hydrogens is 251 g/mol. The largest absolute Gasteiger partial charge is 0.480 e. The first-order chi connectivity index (χ1) is 8.99. The number of carboxylic acids is 1. The monoisotopic (exact) mass is 268 g/mol. The van der Waals surface area contributed by atoms with E-state index in [2.05, 4.69) is 5.32 Å². The van der Waals surface area contributed by atoms with Crippen LogP contribution in [0.4, 0.5) is 14.9 Å². The van der Waals surface area contributed by atoms with Crippen LogP contribution in [0.1, 0.15) is 20.3 Å². The lowest BCUT2D eigenvalue weighted by molar-refractivity contribution is -0.139. The van der Waals surface area contributed by atoms with Crippen LogP contribution in [0.15, 0.2) is 24.3 Å². The molecule has 1 rings (SSSR count). The maximum Gasteiger partial charge on any atom is 0.326 e. The molecule has 0 aliphatic rings. The van der Waals surface area contributed by atoms with Crippen molar-refractivity contribution in [3.63, 3.8) is 0 Å². The molecule has 0 bridgehead atoms. The van der Waals surface area contributed by atoms with Gasteiger partial charge in [-0.15, -0.1) is 0 Å². The van der Waals surface area contributed by atoms with Crippen LogP contribution < -0.4 is 10.2 Å². The molecule has 0 spiro atoms. The first-order valence-electron chi connectivity index (χ1n) is 6.06. The highest BCUT2D eigenvalue weighted by Gasteiger charge is 2.21. The summed E-state index contributed by atoms with van der Waals surface area (Å²) >= 11 is 0. The fraction of sp³-hybridized carbons (Fsp3) is 0.385. The third-order valence-electron chi connectivity index (χ3n) is 2.69. The van der Waals surface area contributed by atoms with Gasteiger partial charge in [-0.2, -0.15) is 0 Å². The van der Waals surface area contributed by atoms with Crippen molar-refractivity contribution >= 4 is 17.7 Å². The number of carbonyl (C=O) groups excluding carboxylic acids is 1. The van der Waals surface area contributed by atoms with Crippen molar-refractivity contribution in [3.05, 3.63) is 30.1 Å². The van der Waals surface area contributed by atoms with Gasteiger partial charge >= 0.3 is 12.0 Å². The Morgan fingerprint density at radius 3 is 2.58 bits per heavy atom. The maximum atomic E-state index is 13.1. The van der Waals surface area contributed by atoms with Gasteiger partial charge in [0.25, 0.3) is 0 Å². The van der Waals surface area contributed by atoms with E-state index in [1.54, 1.807) is 19.9 Å². The molecule has 2 N–H and O–H groups in total. The highest BCUT2D eigenvalue weighted by Crippen LogP contribution is 2.15. The summed E-state index contributed by atoms with van der Waals surface area (Å²) < 4.78 is 13.1. The van der Waals surface area contributed by atoms with Gasteiger partial charge in [0.05, 0.1) is 0 Å². The van der Waals surface area contributed by atoms with E-state index >= 15 is 0 Å². The highest BCUT2D eigenvalue weighted by atomic mass is 19.1. The highest BCUT2D eigenvalue weighted by molar-refractivity contribution is 5.94. The molecule has 1 atom stereocenters. The van der Waals surface area contributed by atoms with Crippen LogP contribution in [-0.2, 0) is 4.79 Å². The summed E-state index contributed by atoms with van der Waals surface area (Å²) in [7, 11) is 0. The average Bonchev–Trinajstić information content (AvgIpc) is 2.36. The van der Waals surface area contributed by atoms with E-state index in [-0.39, 0.29) is 6.42 Å². The summed E-state index contributed by atoms with van der Waals surface area (Å²) in [5.41, 5.74) is 0.389. The molecule has 0 unspecified atom stereocenters. The van der Waals surface area contributed by atoms with Crippen molar-refractivity contribution in [3.8, 4) is 0 Å². The zero-order valence-electron chi connectivity index (χ0n) is 10.9. The molecule has 0 saturated heterocycles. The summed E-state index contributed by atoms with van der Waals surface area (Å²) in [5.74, 6) is -1.54. The van der Waals surface area contributed by atoms with Crippen molar-refractivity contribution in [2.24, 2.45) is 0 Å². The number of rotatable bonds is 5. The Kier molecular flexibility index (Phi) is 5.29. The lowest BCUT2D eigenvalue weighted by atomic mass is 10.2. The summed E-state index contributed by atoms with van der Waals surface area (Å²) in [5, 5.41) is 11.3. The molecule has 0 heterocycles. The van der Waals surface area contributed by atoms with Crippen molar-refractivity contribution < 1.29 is 19.1 Å². The molecule has 0 saturated carbocycles. The molecular formula is C13H17FN2O3. The third kappa shape index (κ3) is 3.94. The molecule has 0 aliphatic heterocycles. The minimum absolute atomic E-state index is 0.280. The van der Waals surface area contributed by atoms with E-state index in [0.29, 0.717) is 12.2 Å². The van der Waals surface area contributed by atoms with Crippen molar-refractivity contribution in [2.75, 3.05) is 11.4 Å². The summed E-state index contributed by atoms with van der Waals surface area (Å²) in [6.45, 7) is 3.70. The minimum atomic E-state index is -1.09. The van der Waals surface area contributed by atoms with Crippen molar-refractivity contribution in [2.45, 2.75) is 26.3 Å². The molecule has 104 valence electrons. The zero-order valence-corrected chi connectivity index (χ0v) is 10.9. The molecule has 6 heteroatoms. The Bertz CT molecular complexity index is 465. The predicted molar refractivity (Wildman–Crippen MR) is 69.7 cm³/mol. The average molecular weight is 268 g/mol. The number of carboxylic acid groups (broad SMARTS) is 1. The Balaban J connectivity index is 2.85. The number of anilines is 1. The van der Waals surface area contributed by atoms with Crippen LogP contribution in [0, 0.1) is 5.82 Å². The number of urea groups is 1. The Labute approximate surface area is 111 Å². The van der Waals surface area contributed by atoms with Crippen LogP contribution in [0.3, 0.4) is 0 Å². The normalized spacial score (nSPS) is 11.7. The number of hydrogen-bond acceptors (Lipinski definition) is 2. The van der Waals surface area contributed by atoms with Gasteiger partial charge in [-0.3, -0.25) is 4.90 Å². The van der Waals surface area contributed by atoms with E-state index in [4.69, 9.17) is 5.11 Å². The van der Waals surface area contributed by atoms with Gasteiger partial charge in [-0.05, 0) is 31.5 Å². The fourth-order valence-corrected chi connectivity index (χ4v) is 1.65. The molecule has 0 aromatic heterocycles. The van der Waals surface area contributed by atoms with E-state index in [1.165, 1.54) is 23.1 Å². The third-order valence-corrected chi connectivity index (χ3v) is 2.69. The zero-order chi connectivity index (χ0) is 14.4. The van der Waals surface area contributed by atoms with Crippen LogP contribution in [0.25, 0.3) is 0 Å². The van der Waals surface area contributed by atoms with Gasteiger partial charge in [0.1, 0.15) is 11.9 Å². The molecule has 1 aromatic rings. The first-order valence-corrected chi connectivity index (χ1v) is 6.06. The summed E-state index contributed by atoms with van der Waals surface area (Å²) in [6, 6.07) is 4.09. The van der Waals surface area contributed by atoms with Crippen molar-refractivity contribution in [1.29, 1.82) is 0 Å². The van der Waals surface area contributed by atoms with Crippen LogP contribution in [0.2, 0.25) is 0 Å². The minimum Gasteiger partial charge on any atom is -0.480 e. The second-order valence-electron chi connectivity index (χ2n) is 3.97. The van der Waals surface area contributed by atoms with Crippen LogP contribution >= 0.6 is 0 Å².